The molecule has 4 heteroatoms. The highest BCUT2D eigenvalue weighted by atomic mass is 19.1. The minimum absolute atomic E-state index is 0.164. The fourth-order valence-corrected chi connectivity index (χ4v) is 1.69. The number of H-pyrrole nitrogens is 1. The Morgan fingerprint density at radius 1 is 1.50 bits per heavy atom. The minimum Gasteiger partial charge on any atom is -0.466 e. The molecule has 0 saturated carbocycles. The van der Waals surface area contributed by atoms with Crippen LogP contribution in [0.2, 0.25) is 0 Å². The normalized spacial score (nSPS) is 10.6. The average Bonchev–Trinajstić information content (AvgIpc) is 2.64. The number of ether oxygens (including phenoxy) is 1. The van der Waals surface area contributed by atoms with Gasteiger partial charge in [-0.3, -0.25) is 4.79 Å². The number of rotatable bonds is 3. The van der Waals surface area contributed by atoms with E-state index in [-0.39, 0.29) is 18.2 Å². The van der Waals surface area contributed by atoms with Crippen LogP contribution >= 0.6 is 0 Å². The van der Waals surface area contributed by atoms with Gasteiger partial charge in [-0.1, -0.05) is 12.1 Å². The molecular weight excluding hydrogens is 209 g/mol. The van der Waals surface area contributed by atoms with Crippen molar-refractivity contribution in [3.63, 3.8) is 0 Å². The molecule has 0 fully saturated rings. The van der Waals surface area contributed by atoms with Gasteiger partial charge in [0, 0.05) is 11.6 Å². The first-order chi connectivity index (χ1) is 7.72. The Balaban J connectivity index is 2.32. The Kier molecular flexibility index (Phi) is 2.90. The van der Waals surface area contributed by atoms with Crippen molar-refractivity contribution in [2.24, 2.45) is 0 Å². The van der Waals surface area contributed by atoms with Crippen molar-refractivity contribution in [1.82, 2.24) is 4.98 Å². The van der Waals surface area contributed by atoms with Gasteiger partial charge in [-0.05, 0) is 18.6 Å². The number of carbonyl (C=O) groups is 1. The van der Waals surface area contributed by atoms with Gasteiger partial charge in [0.05, 0.1) is 18.5 Å². The molecule has 0 aliphatic rings. The van der Waals surface area contributed by atoms with Gasteiger partial charge in [0.2, 0.25) is 0 Å². The summed E-state index contributed by atoms with van der Waals surface area (Å²) < 4.78 is 18.2. The fraction of sp³-hybridized carbons (Fsp3) is 0.250. The molecule has 16 heavy (non-hydrogen) atoms. The first kappa shape index (κ1) is 10.7. The third-order valence-electron chi connectivity index (χ3n) is 2.39. The third-order valence-corrected chi connectivity index (χ3v) is 2.39. The fourth-order valence-electron chi connectivity index (χ4n) is 1.69. The average molecular weight is 221 g/mol. The lowest BCUT2D eigenvalue weighted by Crippen LogP contribution is -2.06. The van der Waals surface area contributed by atoms with Gasteiger partial charge in [-0.2, -0.15) is 0 Å². The van der Waals surface area contributed by atoms with Crippen molar-refractivity contribution < 1.29 is 13.9 Å². The highest BCUT2D eigenvalue weighted by Gasteiger charge is 2.11. The third kappa shape index (κ3) is 1.91. The Bertz CT molecular complexity index is 519. The van der Waals surface area contributed by atoms with E-state index in [1.165, 1.54) is 6.07 Å². The lowest BCUT2D eigenvalue weighted by molar-refractivity contribution is -0.142. The maximum atomic E-state index is 13.3. The summed E-state index contributed by atoms with van der Waals surface area (Å²) in [5.41, 5.74) is 1.19. The quantitative estimate of drug-likeness (QED) is 0.809. The van der Waals surface area contributed by atoms with Gasteiger partial charge in [0.1, 0.15) is 5.82 Å². The molecule has 2 aromatic rings. The molecule has 1 N–H and O–H groups in total. The number of carbonyl (C=O) groups excluding carboxylic acids is 1. The number of aromatic amines is 1. The van der Waals surface area contributed by atoms with E-state index in [2.05, 4.69) is 4.98 Å². The van der Waals surface area contributed by atoms with Crippen LogP contribution < -0.4 is 0 Å². The smallest absolute Gasteiger partial charge is 0.310 e. The van der Waals surface area contributed by atoms with Crippen LogP contribution in [0.3, 0.4) is 0 Å². The summed E-state index contributed by atoms with van der Waals surface area (Å²) in [5.74, 6) is -0.611. The van der Waals surface area contributed by atoms with Crippen LogP contribution in [0.15, 0.2) is 24.4 Å². The van der Waals surface area contributed by atoms with Crippen LogP contribution in [0, 0.1) is 5.82 Å². The van der Waals surface area contributed by atoms with Crippen LogP contribution in [-0.2, 0) is 16.0 Å². The summed E-state index contributed by atoms with van der Waals surface area (Å²) in [6, 6.07) is 4.79. The molecule has 1 heterocycles. The van der Waals surface area contributed by atoms with Crippen molar-refractivity contribution >= 4 is 16.9 Å². The Morgan fingerprint density at radius 2 is 2.31 bits per heavy atom. The molecule has 0 radical (unpaired) electrons. The summed E-state index contributed by atoms with van der Waals surface area (Å²) in [5, 5.41) is 0.730. The molecule has 3 nitrogen and oxygen atoms in total. The number of hydrogen-bond acceptors (Lipinski definition) is 2. The zero-order valence-electron chi connectivity index (χ0n) is 8.92. The zero-order chi connectivity index (χ0) is 11.5. The molecule has 0 atom stereocenters. The molecule has 0 spiro atoms. The highest BCUT2D eigenvalue weighted by molar-refractivity contribution is 5.87. The van der Waals surface area contributed by atoms with E-state index in [0.29, 0.717) is 12.1 Å². The number of para-hydroxylation sites is 1. The molecule has 0 bridgehead atoms. The van der Waals surface area contributed by atoms with Gasteiger partial charge in [0.15, 0.2) is 0 Å². The largest absolute Gasteiger partial charge is 0.466 e. The molecule has 1 aromatic heterocycles. The molecule has 1 aromatic carbocycles. The first-order valence-electron chi connectivity index (χ1n) is 5.12. The SMILES string of the molecule is CCOC(=O)Cc1c[nH]c2c(F)cccc12. The van der Waals surface area contributed by atoms with E-state index in [4.69, 9.17) is 4.74 Å². The van der Waals surface area contributed by atoms with Crippen LogP contribution in [0.1, 0.15) is 12.5 Å². The predicted octanol–water partition coefficient (Wildman–Crippen LogP) is 2.41. The summed E-state index contributed by atoms with van der Waals surface area (Å²) in [6.45, 7) is 2.11. The topological polar surface area (TPSA) is 42.1 Å². The number of esters is 1. The molecule has 0 aliphatic heterocycles. The number of hydrogen-bond donors (Lipinski definition) is 1. The van der Waals surface area contributed by atoms with Gasteiger partial charge in [0.25, 0.3) is 0 Å². The van der Waals surface area contributed by atoms with Gasteiger partial charge < -0.3 is 9.72 Å². The van der Waals surface area contributed by atoms with E-state index in [1.54, 1.807) is 25.3 Å². The maximum absolute atomic E-state index is 13.3. The van der Waals surface area contributed by atoms with Crippen molar-refractivity contribution in [3.8, 4) is 0 Å². The second-order valence-corrected chi connectivity index (χ2v) is 3.46. The second kappa shape index (κ2) is 4.35. The number of benzene rings is 1. The van der Waals surface area contributed by atoms with E-state index in [0.717, 1.165) is 10.9 Å². The van der Waals surface area contributed by atoms with Crippen LogP contribution in [-0.4, -0.2) is 17.6 Å². The van der Waals surface area contributed by atoms with Crippen LogP contribution in [0.5, 0.6) is 0 Å². The Labute approximate surface area is 92.2 Å². The number of aromatic nitrogens is 1. The summed E-state index contributed by atoms with van der Waals surface area (Å²) in [7, 11) is 0. The minimum atomic E-state index is -0.312. The Morgan fingerprint density at radius 3 is 3.06 bits per heavy atom. The van der Waals surface area contributed by atoms with Crippen LogP contribution in [0.25, 0.3) is 10.9 Å². The van der Waals surface area contributed by atoms with Crippen molar-refractivity contribution in [3.05, 3.63) is 35.8 Å². The zero-order valence-corrected chi connectivity index (χ0v) is 8.92. The maximum Gasteiger partial charge on any atom is 0.310 e. The van der Waals surface area contributed by atoms with Crippen LogP contribution in [0.4, 0.5) is 4.39 Å². The van der Waals surface area contributed by atoms with Gasteiger partial charge in [-0.15, -0.1) is 0 Å². The number of fused-ring (bicyclic) bond motifs is 1. The molecule has 84 valence electrons. The van der Waals surface area contributed by atoms with Gasteiger partial charge >= 0.3 is 5.97 Å². The summed E-state index contributed by atoms with van der Waals surface area (Å²) in [6.07, 6.45) is 1.81. The van der Waals surface area contributed by atoms with E-state index in [9.17, 15) is 9.18 Å². The first-order valence-corrected chi connectivity index (χ1v) is 5.12. The van der Waals surface area contributed by atoms with Crippen molar-refractivity contribution in [2.45, 2.75) is 13.3 Å². The predicted molar refractivity (Wildman–Crippen MR) is 58.6 cm³/mol. The lowest BCUT2D eigenvalue weighted by atomic mass is 10.1. The van der Waals surface area contributed by atoms with Crippen molar-refractivity contribution in [2.75, 3.05) is 6.61 Å². The highest BCUT2D eigenvalue weighted by Crippen LogP contribution is 2.21. The summed E-state index contributed by atoms with van der Waals surface area (Å²) >= 11 is 0. The molecular formula is C12H12FNO2. The molecule has 0 saturated heterocycles. The molecule has 0 amide bonds. The monoisotopic (exact) mass is 221 g/mol. The van der Waals surface area contributed by atoms with Gasteiger partial charge in [-0.25, -0.2) is 4.39 Å². The number of nitrogens with one attached hydrogen (secondary N) is 1. The Hall–Kier alpha value is -1.84. The molecule has 0 unspecified atom stereocenters. The molecule has 0 aliphatic carbocycles. The van der Waals surface area contributed by atoms with E-state index in [1.807, 2.05) is 0 Å². The summed E-state index contributed by atoms with van der Waals surface area (Å²) in [4.78, 5) is 14.1. The number of halogens is 1. The van der Waals surface area contributed by atoms with Crippen molar-refractivity contribution in [1.29, 1.82) is 0 Å². The molecule has 2 rings (SSSR count). The standard InChI is InChI=1S/C12H12FNO2/c1-2-16-11(15)6-8-7-14-12-9(8)4-3-5-10(12)13/h3-5,7,14H,2,6H2,1H3. The van der Waals surface area contributed by atoms with E-state index < -0.39 is 0 Å². The van der Waals surface area contributed by atoms with E-state index >= 15 is 0 Å². The lowest BCUT2D eigenvalue weighted by Gasteiger charge is -2.00. The second-order valence-electron chi connectivity index (χ2n) is 3.46.